The Morgan fingerprint density at radius 1 is 1.26 bits per heavy atom. The van der Waals surface area contributed by atoms with Gasteiger partial charge < -0.3 is 14.8 Å². The van der Waals surface area contributed by atoms with Crippen LogP contribution in [0.2, 0.25) is 5.02 Å². The Hall–Kier alpha value is -3.44. The highest BCUT2D eigenvalue weighted by molar-refractivity contribution is 7.99. The van der Waals surface area contributed by atoms with Gasteiger partial charge in [-0.2, -0.15) is 0 Å². The predicted molar refractivity (Wildman–Crippen MR) is 133 cm³/mol. The van der Waals surface area contributed by atoms with Crippen LogP contribution in [-0.4, -0.2) is 48.7 Å². The summed E-state index contributed by atoms with van der Waals surface area (Å²) in [5.41, 5.74) is 1.54. The molecule has 0 radical (unpaired) electrons. The number of nitro groups is 1. The molecule has 1 N–H and O–H groups in total. The molecule has 1 unspecified atom stereocenters. The zero-order valence-corrected chi connectivity index (χ0v) is 20.7. The first-order valence-corrected chi connectivity index (χ1v) is 12.2. The van der Waals surface area contributed by atoms with E-state index < -0.39 is 4.92 Å². The number of carbonyl (C=O) groups excluding carboxylic acids is 2. The number of thioether (sulfide) groups is 1. The first kappa shape index (κ1) is 24.7. The Labute approximate surface area is 210 Å². The van der Waals surface area contributed by atoms with Crippen LogP contribution in [0, 0.1) is 17.0 Å². The van der Waals surface area contributed by atoms with Crippen molar-refractivity contribution in [1.82, 2.24) is 19.7 Å². The summed E-state index contributed by atoms with van der Waals surface area (Å²) in [6, 6.07) is 11.0. The van der Waals surface area contributed by atoms with E-state index in [0.29, 0.717) is 39.4 Å². The molecule has 0 saturated carbocycles. The molecule has 35 heavy (non-hydrogen) atoms. The second-order valence-corrected chi connectivity index (χ2v) is 9.48. The van der Waals surface area contributed by atoms with Gasteiger partial charge in [0.25, 0.3) is 11.6 Å². The second kappa shape index (κ2) is 10.4. The van der Waals surface area contributed by atoms with Crippen molar-refractivity contribution >= 4 is 46.6 Å². The Kier molecular flexibility index (Phi) is 7.37. The topological polar surface area (TPSA) is 123 Å². The molecule has 1 aromatic heterocycles. The Balaban J connectivity index is 1.42. The van der Waals surface area contributed by atoms with Crippen LogP contribution in [-0.2, 0) is 11.8 Å². The molecule has 182 valence electrons. The third-order valence-corrected chi connectivity index (χ3v) is 7.16. The maximum Gasteiger partial charge on any atom is 0.269 e. The van der Waals surface area contributed by atoms with Gasteiger partial charge in [-0.3, -0.25) is 19.7 Å². The van der Waals surface area contributed by atoms with Crippen molar-refractivity contribution in [3.63, 3.8) is 0 Å². The molecule has 3 aromatic rings. The SMILES string of the molecule is Cc1cc([N+](=O)[O-])ccc1NC(=O)CSc1nnc(C2CCCN2C(=O)c2ccccc2Cl)n1C. The number of carbonyl (C=O) groups is 2. The van der Waals surface area contributed by atoms with E-state index in [2.05, 4.69) is 15.5 Å². The molecule has 0 aliphatic carbocycles. The van der Waals surface area contributed by atoms with Crippen LogP contribution in [0.5, 0.6) is 0 Å². The maximum absolute atomic E-state index is 13.1. The molecule has 2 heterocycles. The molecule has 12 heteroatoms. The lowest BCUT2D eigenvalue weighted by Crippen LogP contribution is -2.32. The Bertz CT molecular complexity index is 1300. The van der Waals surface area contributed by atoms with Crippen LogP contribution < -0.4 is 5.32 Å². The third kappa shape index (κ3) is 5.30. The fourth-order valence-corrected chi connectivity index (χ4v) is 4.96. The average molecular weight is 515 g/mol. The summed E-state index contributed by atoms with van der Waals surface area (Å²) in [7, 11) is 1.81. The molecule has 1 saturated heterocycles. The van der Waals surface area contributed by atoms with Crippen LogP contribution in [0.25, 0.3) is 0 Å². The lowest BCUT2D eigenvalue weighted by Gasteiger charge is -2.24. The third-order valence-electron chi connectivity index (χ3n) is 5.81. The molecule has 2 amide bonds. The number of anilines is 1. The van der Waals surface area contributed by atoms with Crippen LogP contribution in [0.4, 0.5) is 11.4 Å². The van der Waals surface area contributed by atoms with E-state index >= 15 is 0 Å². The fraction of sp³-hybridized carbons (Fsp3) is 0.304. The molecule has 0 bridgehead atoms. The van der Waals surface area contributed by atoms with E-state index in [-0.39, 0.29) is 29.3 Å². The van der Waals surface area contributed by atoms with E-state index in [9.17, 15) is 19.7 Å². The predicted octanol–water partition coefficient (Wildman–Crippen LogP) is 4.39. The average Bonchev–Trinajstić information content (AvgIpc) is 3.45. The molecule has 1 fully saturated rings. The molecule has 2 aromatic carbocycles. The summed E-state index contributed by atoms with van der Waals surface area (Å²) in [6.07, 6.45) is 1.60. The van der Waals surface area contributed by atoms with Gasteiger partial charge in [0.2, 0.25) is 5.91 Å². The molecular formula is C23H23ClN6O4S. The number of benzene rings is 2. The fourth-order valence-electron chi connectivity index (χ4n) is 4.03. The van der Waals surface area contributed by atoms with Crippen LogP contribution in [0.1, 0.15) is 40.6 Å². The number of amides is 2. The minimum absolute atomic E-state index is 0.0320. The van der Waals surface area contributed by atoms with Gasteiger partial charge in [-0.15, -0.1) is 10.2 Å². The quantitative estimate of drug-likeness (QED) is 0.281. The normalized spacial score (nSPS) is 15.3. The minimum Gasteiger partial charge on any atom is -0.328 e. The van der Waals surface area contributed by atoms with Gasteiger partial charge in [0.15, 0.2) is 11.0 Å². The van der Waals surface area contributed by atoms with Crippen molar-refractivity contribution < 1.29 is 14.5 Å². The molecule has 4 rings (SSSR count). The second-order valence-electron chi connectivity index (χ2n) is 8.13. The van der Waals surface area contributed by atoms with E-state index in [0.717, 1.165) is 12.8 Å². The summed E-state index contributed by atoms with van der Waals surface area (Å²) >= 11 is 7.46. The van der Waals surface area contributed by atoms with Gasteiger partial charge in [-0.1, -0.05) is 35.5 Å². The van der Waals surface area contributed by atoms with E-state index in [1.165, 1.54) is 30.0 Å². The summed E-state index contributed by atoms with van der Waals surface area (Å²) in [6.45, 7) is 2.29. The van der Waals surface area contributed by atoms with Crippen molar-refractivity contribution in [1.29, 1.82) is 0 Å². The van der Waals surface area contributed by atoms with Crippen molar-refractivity contribution in [2.45, 2.75) is 31.0 Å². The number of non-ortho nitro benzene ring substituents is 1. The van der Waals surface area contributed by atoms with Crippen LogP contribution in [0.15, 0.2) is 47.6 Å². The maximum atomic E-state index is 13.1. The van der Waals surface area contributed by atoms with Crippen LogP contribution in [0.3, 0.4) is 0 Å². The summed E-state index contributed by atoms with van der Waals surface area (Å²) in [4.78, 5) is 37.8. The van der Waals surface area contributed by atoms with Gasteiger partial charge in [0.1, 0.15) is 0 Å². The number of halogens is 1. The Morgan fingerprint density at radius 2 is 2.03 bits per heavy atom. The number of rotatable bonds is 7. The van der Waals surface area contributed by atoms with Crippen molar-refractivity contribution in [2.75, 3.05) is 17.6 Å². The standard InChI is InChI=1S/C23H23ClN6O4S/c1-14-12-15(30(33)34)9-10-18(14)25-20(31)13-35-23-27-26-21(28(23)2)19-8-5-11-29(19)22(32)16-6-3-4-7-17(16)24/h3-4,6-7,9-10,12,19H,5,8,11,13H2,1-2H3,(H,25,31). The van der Waals surface area contributed by atoms with Gasteiger partial charge in [-0.05, 0) is 43.5 Å². The van der Waals surface area contributed by atoms with Crippen molar-refractivity contribution in [3.05, 3.63) is 74.6 Å². The first-order valence-electron chi connectivity index (χ1n) is 10.9. The van der Waals surface area contributed by atoms with E-state index in [1.54, 1.807) is 40.7 Å². The van der Waals surface area contributed by atoms with E-state index in [1.807, 2.05) is 7.05 Å². The first-order chi connectivity index (χ1) is 16.8. The number of aromatic nitrogens is 3. The highest BCUT2D eigenvalue weighted by Gasteiger charge is 2.34. The van der Waals surface area contributed by atoms with Gasteiger partial charge in [-0.25, -0.2) is 0 Å². The van der Waals surface area contributed by atoms with E-state index in [4.69, 9.17) is 11.6 Å². The molecule has 10 nitrogen and oxygen atoms in total. The minimum atomic E-state index is -0.479. The number of hydrogen-bond acceptors (Lipinski definition) is 7. The number of nitro benzene ring substituents is 1. The summed E-state index contributed by atoms with van der Waals surface area (Å²) in [5.74, 6) is 0.313. The number of nitrogens with zero attached hydrogens (tertiary/aromatic N) is 5. The van der Waals surface area contributed by atoms with Crippen molar-refractivity contribution in [3.8, 4) is 0 Å². The monoisotopic (exact) mass is 514 g/mol. The van der Waals surface area contributed by atoms with Crippen molar-refractivity contribution in [2.24, 2.45) is 7.05 Å². The molecule has 1 aliphatic heterocycles. The highest BCUT2D eigenvalue weighted by atomic mass is 35.5. The highest BCUT2D eigenvalue weighted by Crippen LogP contribution is 2.34. The van der Waals surface area contributed by atoms with Gasteiger partial charge in [0, 0.05) is 31.4 Å². The lowest BCUT2D eigenvalue weighted by molar-refractivity contribution is -0.384. The molecule has 1 aliphatic rings. The van der Waals surface area contributed by atoms with Gasteiger partial charge >= 0.3 is 0 Å². The van der Waals surface area contributed by atoms with Gasteiger partial charge in [0.05, 0.1) is 27.3 Å². The Morgan fingerprint density at radius 3 is 2.74 bits per heavy atom. The number of aryl methyl sites for hydroxylation is 1. The largest absolute Gasteiger partial charge is 0.328 e. The summed E-state index contributed by atoms with van der Waals surface area (Å²) in [5, 5.41) is 23.2. The molecule has 0 spiro atoms. The number of likely N-dealkylation sites (tertiary alicyclic amines) is 1. The number of nitrogens with one attached hydrogen (secondary N) is 1. The van der Waals surface area contributed by atoms with Crippen LogP contribution >= 0.6 is 23.4 Å². The number of hydrogen-bond donors (Lipinski definition) is 1. The smallest absolute Gasteiger partial charge is 0.269 e. The molecule has 1 atom stereocenters. The lowest BCUT2D eigenvalue weighted by atomic mass is 10.1. The zero-order valence-electron chi connectivity index (χ0n) is 19.1. The summed E-state index contributed by atoms with van der Waals surface area (Å²) < 4.78 is 1.80. The molecular weight excluding hydrogens is 492 g/mol. The zero-order chi connectivity index (χ0) is 25.1.